The van der Waals surface area contributed by atoms with Crippen molar-refractivity contribution in [2.45, 2.75) is 33.3 Å². The van der Waals surface area contributed by atoms with Gasteiger partial charge in [-0.2, -0.15) is 0 Å². The molecule has 31 heavy (non-hydrogen) atoms. The molecule has 1 amide bonds. The molecule has 1 unspecified atom stereocenters. The summed E-state index contributed by atoms with van der Waals surface area (Å²) in [6, 6.07) is 13.8. The normalized spacial score (nSPS) is 12.3. The summed E-state index contributed by atoms with van der Waals surface area (Å²) in [6.45, 7) is 5.61. The van der Waals surface area contributed by atoms with E-state index in [1.165, 1.54) is 6.92 Å². The largest absolute Gasteiger partial charge is 0.465 e. The lowest BCUT2D eigenvalue weighted by Crippen LogP contribution is -2.11. The standard InChI is InChI=1S/C24H23BrN2O4/c1-13-10-11-18(30-13)19(16-8-6-5-7-9-16)23-22(27-15(3)28)20-17(12-29-4)21(25)14(2)26-24(20)31-23/h5-11,19H,12H2,1-4H3,(H,27,28). The number of amides is 1. The molecule has 1 atom stereocenters. The molecule has 0 spiro atoms. The van der Waals surface area contributed by atoms with E-state index in [0.717, 1.165) is 32.8 Å². The highest BCUT2D eigenvalue weighted by molar-refractivity contribution is 9.10. The van der Waals surface area contributed by atoms with Crippen molar-refractivity contribution in [2.75, 3.05) is 12.4 Å². The van der Waals surface area contributed by atoms with E-state index in [0.29, 0.717) is 29.2 Å². The number of carbonyl (C=O) groups is 1. The Morgan fingerprint density at radius 3 is 2.52 bits per heavy atom. The summed E-state index contributed by atoms with van der Waals surface area (Å²) in [7, 11) is 1.63. The number of benzene rings is 1. The van der Waals surface area contributed by atoms with E-state index in [1.807, 2.05) is 56.3 Å². The first kappa shape index (κ1) is 21.3. The number of pyridine rings is 1. The maximum Gasteiger partial charge on any atom is 0.229 e. The van der Waals surface area contributed by atoms with Crippen LogP contribution in [0, 0.1) is 13.8 Å². The van der Waals surface area contributed by atoms with Crippen LogP contribution < -0.4 is 5.32 Å². The first-order valence-electron chi connectivity index (χ1n) is 9.89. The molecule has 1 N–H and O–H groups in total. The predicted octanol–water partition coefficient (Wildman–Crippen LogP) is 6.09. The summed E-state index contributed by atoms with van der Waals surface area (Å²) < 4.78 is 18.6. The third kappa shape index (κ3) is 4.03. The van der Waals surface area contributed by atoms with Gasteiger partial charge in [0, 0.05) is 24.1 Å². The second-order valence-electron chi connectivity index (χ2n) is 7.42. The van der Waals surface area contributed by atoms with Crippen molar-refractivity contribution in [1.82, 2.24) is 4.98 Å². The van der Waals surface area contributed by atoms with Crippen LogP contribution in [0.2, 0.25) is 0 Å². The molecule has 3 aromatic heterocycles. The third-order valence-corrected chi connectivity index (χ3v) is 6.15. The first-order chi connectivity index (χ1) is 14.9. The Bertz CT molecular complexity index is 1240. The molecule has 6 nitrogen and oxygen atoms in total. The number of carbonyl (C=O) groups excluding carboxylic acids is 1. The molecule has 0 aliphatic rings. The van der Waals surface area contributed by atoms with Crippen LogP contribution in [-0.2, 0) is 16.1 Å². The molecular weight excluding hydrogens is 460 g/mol. The Morgan fingerprint density at radius 1 is 1.16 bits per heavy atom. The highest BCUT2D eigenvalue weighted by Crippen LogP contribution is 2.44. The van der Waals surface area contributed by atoms with Crippen molar-refractivity contribution in [3.8, 4) is 0 Å². The number of ether oxygens (including phenoxy) is 1. The Balaban J connectivity index is 2.06. The third-order valence-electron chi connectivity index (χ3n) is 5.10. The number of rotatable bonds is 6. The number of furan rings is 2. The van der Waals surface area contributed by atoms with Crippen molar-refractivity contribution in [3.05, 3.63) is 81.0 Å². The summed E-state index contributed by atoms with van der Waals surface area (Å²) in [5.74, 6) is 1.52. The van der Waals surface area contributed by atoms with Crippen LogP contribution in [0.25, 0.3) is 11.1 Å². The van der Waals surface area contributed by atoms with E-state index in [1.54, 1.807) is 7.11 Å². The second kappa shape index (κ2) is 8.69. The van der Waals surface area contributed by atoms with Crippen molar-refractivity contribution in [2.24, 2.45) is 0 Å². The summed E-state index contributed by atoms with van der Waals surface area (Å²) in [4.78, 5) is 16.8. The van der Waals surface area contributed by atoms with E-state index in [4.69, 9.17) is 13.6 Å². The number of hydrogen-bond donors (Lipinski definition) is 1. The van der Waals surface area contributed by atoms with E-state index < -0.39 is 0 Å². The molecule has 1 aromatic carbocycles. The van der Waals surface area contributed by atoms with Crippen LogP contribution in [-0.4, -0.2) is 18.0 Å². The minimum Gasteiger partial charge on any atom is -0.465 e. The molecule has 7 heteroatoms. The Kier molecular flexibility index (Phi) is 5.98. The smallest absolute Gasteiger partial charge is 0.229 e. The number of nitrogens with one attached hydrogen (secondary N) is 1. The lowest BCUT2D eigenvalue weighted by molar-refractivity contribution is -0.114. The lowest BCUT2D eigenvalue weighted by Gasteiger charge is -2.15. The van der Waals surface area contributed by atoms with Gasteiger partial charge in [-0.25, -0.2) is 4.98 Å². The molecule has 0 bridgehead atoms. The minimum absolute atomic E-state index is 0.202. The van der Waals surface area contributed by atoms with Crippen LogP contribution in [0.3, 0.4) is 0 Å². The van der Waals surface area contributed by atoms with E-state index >= 15 is 0 Å². The van der Waals surface area contributed by atoms with E-state index in [9.17, 15) is 4.79 Å². The Labute approximate surface area is 188 Å². The summed E-state index contributed by atoms with van der Waals surface area (Å²) in [5, 5.41) is 3.69. The average Bonchev–Trinajstić information content (AvgIpc) is 3.30. The fourth-order valence-electron chi connectivity index (χ4n) is 3.81. The molecule has 4 aromatic rings. The average molecular weight is 483 g/mol. The van der Waals surface area contributed by atoms with E-state index in [-0.39, 0.29) is 11.8 Å². The minimum atomic E-state index is -0.361. The van der Waals surface area contributed by atoms with Crippen LogP contribution in [0.1, 0.15) is 46.9 Å². The van der Waals surface area contributed by atoms with Gasteiger partial charge in [-0.3, -0.25) is 4.79 Å². The van der Waals surface area contributed by atoms with Crippen molar-refractivity contribution >= 4 is 38.6 Å². The van der Waals surface area contributed by atoms with Crippen LogP contribution >= 0.6 is 15.9 Å². The van der Waals surface area contributed by atoms with Gasteiger partial charge in [-0.1, -0.05) is 30.3 Å². The van der Waals surface area contributed by atoms with E-state index in [2.05, 4.69) is 26.2 Å². The molecule has 0 fully saturated rings. The molecule has 0 saturated carbocycles. The van der Waals surface area contributed by atoms with Crippen LogP contribution in [0.15, 0.2) is 55.8 Å². The van der Waals surface area contributed by atoms with Gasteiger partial charge in [0.05, 0.1) is 23.4 Å². The van der Waals surface area contributed by atoms with Gasteiger partial charge in [0.1, 0.15) is 23.2 Å². The number of halogens is 1. The number of fused-ring (bicyclic) bond motifs is 1. The molecule has 0 aliphatic heterocycles. The molecule has 0 aliphatic carbocycles. The monoisotopic (exact) mass is 482 g/mol. The highest BCUT2D eigenvalue weighted by atomic mass is 79.9. The lowest BCUT2D eigenvalue weighted by atomic mass is 9.92. The SMILES string of the molecule is COCc1c(Br)c(C)nc2oc(C(c3ccccc3)c3ccc(C)o3)c(NC(C)=O)c12. The molecule has 4 rings (SSSR count). The van der Waals surface area contributed by atoms with Crippen molar-refractivity contribution < 1.29 is 18.4 Å². The molecule has 0 radical (unpaired) electrons. The maximum atomic E-state index is 12.2. The fraction of sp³-hybridized carbons (Fsp3) is 0.250. The van der Waals surface area contributed by atoms with Gasteiger partial charge in [-0.05, 0) is 47.5 Å². The zero-order chi connectivity index (χ0) is 22.1. The quantitative estimate of drug-likeness (QED) is 0.360. The first-order valence-corrected chi connectivity index (χ1v) is 10.7. The topological polar surface area (TPSA) is 77.5 Å². The molecule has 3 heterocycles. The number of aromatic nitrogens is 1. The summed E-state index contributed by atoms with van der Waals surface area (Å²) >= 11 is 3.63. The molecular formula is C24H23BrN2O4. The summed E-state index contributed by atoms with van der Waals surface area (Å²) in [6.07, 6.45) is 0. The summed E-state index contributed by atoms with van der Waals surface area (Å²) in [5.41, 5.74) is 3.64. The van der Waals surface area contributed by atoms with Gasteiger partial charge in [-0.15, -0.1) is 0 Å². The zero-order valence-electron chi connectivity index (χ0n) is 17.8. The second-order valence-corrected chi connectivity index (χ2v) is 8.21. The van der Waals surface area contributed by atoms with Gasteiger partial charge < -0.3 is 18.9 Å². The number of hydrogen-bond acceptors (Lipinski definition) is 5. The van der Waals surface area contributed by atoms with Gasteiger partial charge in [0.15, 0.2) is 0 Å². The van der Waals surface area contributed by atoms with Gasteiger partial charge in [0.25, 0.3) is 0 Å². The number of anilines is 1. The van der Waals surface area contributed by atoms with Crippen LogP contribution in [0.4, 0.5) is 5.69 Å². The molecule has 160 valence electrons. The van der Waals surface area contributed by atoms with Gasteiger partial charge >= 0.3 is 0 Å². The maximum absolute atomic E-state index is 12.2. The zero-order valence-corrected chi connectivity index (χ0v) is 19.4. The molecule has 0 saturated heterocycles. The fourth-order valence-corrected chi connectivity index (χ4v) is 4.21. The Morgan fingerprint density at radius 2 is 1.90 bits per heavy atom. The highest BCUT2D eigenvalue weighted by Gasteiger charge is 2.31. The van der Waals surface area contributed by atoms with Gasteiger partial charge in [0.2, 0.25) is 11.6 Å². The number of methoxy groups -OCH3 is 1. The number of aryl methyl sites for hydroxylation is 2. The van der Waals surface area contributed by atoms with Crippen LogP contribution in [0.5, 0.6) is 0 Å². The Hall–Kier alpha value is -2.90. The predicted molar refractivity (Wildman–Crippen MR) is 122 cm³/mol. The van der Waals surface area contributed by atoms with Crippen molar-refractivity contribution in [3.63, 3.8) is 0 Å². The van der Waals surface area contributed by atoms with Crippen molar-refractivity contribution in [1.29, 1.82) is 0 Å². The number of nitrogens with zero attached hydrogens (tertiary/aromatic N) is 1.